The van der Waals surface area contributed by atoms with E-state index >= 15 is 0 Å². The summed E-state index contributed by atoms with van der Waals surface area (Å²) in [7, 11) is 3.08. The Morgan fingerprint density at radius 1 is 1.15 bits per heavy atom. The summed E-state index contributed by atoms with van der Waals surface area (Å²) in [6.45, 7) is 4.54. The largest absolute Gasteiger partial charge is 0.497 e. The van der Waals surface area contributed by atoms with E-state index in [4.69, 9.17) is 9.47 Å². The van der Waals surface area contributed by atoms with Gasteiger partial charge >= 0.3 is 0 Å². The van der Waals surface area contributed by atoms with Crippen molar-refractivity contribution in [2.24, 2.45) is 5.92 Å². The van der Waals surface area contributed by atoms with Gasteiger partial charge < -0.3 is 19.7 Å². The molecule has 2 amide bonds. The summed E-state index contributed by atoms with van der Waals surface area (Å²) in [5.74, 6) is -0.0934. The number of amides is 2. The van der Waals surface area contributed by atoms with E-state index in [9.17, 15) is 9.59 Å². The fourth-order valence-corrected chi connectivity index (χ4v) is 3.31. The monoisotopic (exact) mass is 368 g/mol. The maximum atomic E-state index is 12.9. The van der Waals surface area contributed by atoms with Crippen molar-refractivity contribution in [3.8, 4) is 11.5 Å². The summed E-state index contributed by atoms with van der Waals surface area (Å²) in [5, 5.41) is 2.82. The van der Waals surface area contributed by atoms with Gasteiger partial charge in [-0.05, 0) is 49.6 Å². The Morgan fingerprint density at radius 3 is 2.63 bits per heavy atom. The molecule has 1 heterocycles. The van der Waals surface area contributed by atoms with Crippen LogP contribution in [0.15, 0.2) is 36.4 Å². The van der Waals surface area contributed by atoms with Gasteiger partial charge in [-0.15, -0.1) is 0 Å². The number of rotatable bonds is 5. The minimum Gasteiger partial charge on any atom is -0.497 e. The number of carbonyl (C=O) groups excluding carboxylic acids is 2. The summed E-state index contributed by atoms with van der Waals surface area (Å²) in [6.07, 6.45) is 0.483. The Hall–Kier alpha value is -3.02. The van der Waals surface area contributed by atoms with E-state index in [0.29, 0.717) is 30.2 Å². The Bertz CT molecular complexity index is 878. The summed E-state index contributed by atoms with van der Waals surface area (Å²) in [5.41, 5.74) is 3.57. The van der Waals surface area contributed by atoms with Crippen LogP contribution in [0.4, 0.5) is 11.4 Å². The molecule has 27 heavy (non-hydrogen) atoms. The van der Waals surface area contributed by atoms with Crippen molar-refractivity contribution in [1.82, 2.24) is 0 Å². The van der Waals surface area contributed by atoms with Crippen LogP contribution < -0.4 is 19.7 Å². The van der Waals surface area contributed by atoms with Crippen LogP contribution in [0.25, 0.3) is 0 Å². The maximum Gasteiger partial charge on any atom is 0.239 e. The molecule has 3 rings (SSSR count). The number of anilines is 2. The van der Waals surface area contributed by atoms with Crippen LogP contribution in [0.5, 0.6) is 11.5 Å². The zero-order valence-corrected chi connectivity index (χ0v) is 16.0. The number of methoxy groups -OCH3 is 2. The molecule has 0 radical (unpaired) electrons. The van der Waals surface area contributed by atoms with E-state index in [1.807, 2.05) is 32.0 Å². The standard InChI is InChI=1S/C21H24N2O4/c1-13-6-5-7-18(14(13)2)23-11-10-16(21(23)25)20(24)22-17-9-8-15(26-3)12-19(17)27-4/h5-9,12,16H,10-11H2,1-4H3,(H,22,24)/t16-/m0/s1. The maximum absolute atomic E-state index is 12.9. The van der Waals surface area contributed by atoms with Gasteiger partial charge in [-0.3, -0.25) is 9.59 Å². The SMILES string of the molecule is COc1ccc(NC(=O)[C@@H]2CCN(c3cccc(C)c3C)C2=O)c(OC)c1. The van der Waals surface area contributed by atoms with Gasteiger partial charge in [-0.1, -0.05) is 12.1 Å². The van der Waals surface area contributed by atoms with Crippen LogP contribution in [0.2, 0.25) is 0 Å². The molecule has 1 fully saturated rings. The average Bonchev–Trinajstić information content (AvgIpc) is 3.05. The molecule has 1 aliphatic heterocycles. The first-order valence-electron chi connectivity index (χ1n) is 8.86. The van der Waals surface area contributed by atoms with E-state index < -0.39 is 5.92 Å². The molecule has 142 valence electrons. The molecule has 0 aliphatic carbocycles. The molecule has 6 heteroatoms. The molecule has 1 saturated heterocycles. The molecule has 1 aliphatic rings. The number of nitrogens with one attached hydrogen (secondary N) is 1. The molecule has 0 spiro atoms. The summed E-state index contributed by atoms with van der Waals surface area (Å²) in [6, 6.07) is 11.0. The second-order valence-electron chi connectivity index (χ2n) is 6.61. The van der Waals surface area contributed by atoms with Crippen LogP contribution in [-0.4, -0.2) is 32.6 Å². The molecular weight excluding hydrogens is 344 g/mol. The highest BCUT2D eigenvalue weighted by Gasteiger charge is 2.38. The van der Waals surface area contributed by atoms with Gasteiger partial charge in [0.05, 0.1) is 19.9 Å². The molecule has 0 aromatic heterocycles. The number of ether oxygens (including phenoxy) is 2. The lowest BCUT2D eigenvalue weighted by molar-refractivity contribution is -0.129. The predicted molar refractivity (Wildman–Crippen MR) is 105 cm³/mol. The highest BCUT2D eigenvalue weighted by atomic mass is 16.5. The summed E-state index contributed by atoms with van der Waals surface area (Å²) in [4.78, 5) is 27.3. The lowest BCUT2D eigenvalue weighted by atomic mass is 10.1. The van der Waals surface area contributed by atoms with Crippen LogP contribution in [0, 0.1) is 19.8 Å². The lowest BCUT2D eigenvalue weighted by Crippen LogP contribution is -2.33. The molecule has 1 atom stereocenters. The van der Waals surface area contributed by atoms with Gasteiger partial charge in [0.1, 0.15) is 17.4 Å². The molecule has 2 aromatic rings. The third-order valence-corrected chi connectivity index (χ3v) is 5.06. The molecular formula is C21H24N2O4. The molecule has 2 aromatic carbocycles. The minimum atomic E-state index is -0.711. The topological polar surface area (TPSA) is 67.9 Å². The average molecular weight is 368 g/mol. The van der Waals surface area contributed by atoms with Crippen molar-refractivity contribution in [1.29, 1.82) is 0 Å². The van der Waals surface area contributed by atoms with Crippen LogP contribution in [-0.2, 0) is 9.59 Å². The van der Waals surface area contributed by atoms with Crippen molar-refractivity contribution in [2.75, 3.05) is 31.0 Å². The van der Waals surface area contributed by atoms with Crippen LogP contribution in [0.3, 0.4) is 0 Å². The summed E-state index contributed by atoms with van der Waals surface area (Å²) < 4.78 is 10.5. The number of aryl methyl sites for hydroxylation is 1. The third-order valence-electron chi connectivity index (χ3n) is 5.06. The summed E-state index contributed by atoms with van der Waals surface area (Å²) >= 11 is 0. The number of nitrogens with zero attached hydrogens (tertiary/aromatic N) is 1. The molecule has 0 bridgehead atoms. The van der Waals surface area contributed by atoms with Crippen molar-refractivity contribution in [3.05, 3.63) is 47.5 Å². The van der Waals surface area contributed by atoms with Crippen LogP contribution >= 0.6 is 0 Å². The fraction of sp³-hybridized carbons (Fsp3) is 0.333. The van der Waals surface area contributed by atoms with Crippen molar-refractivity contribution in [3.63, 3.8) is 0 Å². The smallest absolute Gasteiger partial charge is 0.239 e. The van der Waals surface area contributed by atoms with Gasteiger partial charge in [0.2, 0.25) is 11.8 Å². The zero-order chi connectivity index (χ0) is 19.6. The Morgan fingerprint density at radius 2 is 1.93 bits per heavy atom. The van der Waals surface area contributed by atoms with Crippen LogP contribution in [0.1, 0.15) is 17.5 Å². The highest BCUT2D eigenvalue weighted by Crippen LogP contribution is 2.32. The predicted octanol–water partition coefficient (Wildman–Crippen LogP) is 3.31. The first-order valence-corrected chi connectivity index (χ1v) is 8.86. The van der Waals surface area contributed by atoms with Gasteiger partial charge in [-0.2, -0.15) is 0 Å². The molecule has 0 saturated carbocycles. The lowest BCUT2D eigenvalue weighted by Gasteiger charge is -2.20. The van der Waals surface area contributed by atoms with E-state index in [0.717, 1.165) is 16.8 Å². The Balaban J connectivity index is 1.77. The van der Waals surface area contributed by atoms with Crippen molar-refractivity contribution < 1.29 is 19.1 Å². The second-order valence-corrected chi connectivity index (χ2v) is 6.61. The molecule has 1 N–H and O–H groups in total. The highest BCUT2D eigenvalue weighted by molar-refractivity contribution is 6.13. The second kappa shape index (κ2) is 7.70. The minimum absolute atomic E-state index is 0.173. The number of benzene rings is 2. The number of hydrogen-bond donors (Lipinski definition) is 1. The Kier molecular flexibility index (Phi) is 5.35. The van der Waals surface area contributed by atoms with E-state index in [1.165, 1.54) is 7.11 Å². The first-order chi connectivity index (χ1) is 13.0. The third kappa shape index (κ3) is 3.60. The molecule has 0 unspecified atom stereocenters. The van der Waals surface area contributed by atoms with Gasteiger partial charge in [0.15, 0.2) is 0 Å². The number of hydrogen-bond acceptors (Lipinski definition) is 4. The van der Waals surface area contributed by atoms with E-state index in [1.54, 1.807) is 30.2 Å². The first kappa shape index (κ1) is 18.8. The van der Waals surface area contributed by atoms with Gasteiger partial charge in [0, 0.05) is 18.3 Å². The van der Waals surface area contributed by atoms with Gasteiger partial charge in [-0.25, -0.2) is 0 Å². The quantitative estimate of drug-likeness (QED) is 0.822. The van der Waals surface area contributed by atoms with Crippen molar-refractivity contribution >= 4 is 23.2 Å². The van der Waals surface area contributed by atoms with E-state index in [-0.39, 0.29) is 11.8 Å². The normalized spacial score (nSPS) is 16.4. The number of carbonyl (C=O) groups is 2. The zero-order valence-electron chi connectivity index (χ0n) is 16.0. The van der Waals surface area contributed by atoms with E-state index in [2.05, 4.69) is 5.32 Å². The van der Waals surface area contributed by atoms with Crippen molar-refractivity contribution in [2.45, 2.75) is 20.3 Å². The Labute approximate surface area is 159 Å². The fourth-order valence-electron chi connectivity index (χ4n) is 3.31. The van der Waals surface area contributed by atoms with Gasteiger partial charge in [0.25, 0.3) is 0 Å². The molecule has 6 nitrogen and oxygen atoms in total.